The number of aromatic nitrogens is 2. The minimum atomic E-state index is -1.17. The summed E-state index contributed by atoms with van der Waals surface area (Å²) in [6, 6.07) is 2.58. The van der Waals surface area contributed by atoms with Crippen LogP contribution in [0.15, 0.2) is 37.2 Å². The van der Waals surface area contributed by atoms with Crippen molar-refractivity contribution in [3.63, 3.8) is 0 Å². The summed E-state index contributed by atoms with van der Waals surface area (Å²) >= 11 is 0. The number of carboxylic acid groups (broad SMARTS) is 1. The van der Waals surface area contributed by atoms with Crippen molar-refractivity contribution in [2.45, 2.75) is 13.0 Å². The number of nitrogens with one attached hydrogen (secondary N) is 1. The number of ether oxygens (including phenoxy) is 1. The molecule has 0 aliphatic heterocycles. The average molecular weight is 303 g/mol. The maximum absolute atomic E-state index is 12.1. The maximum atomic E-state index is 12.1. The van der Waals surface area contributed by atoms with Crippen molar-refractivity contribution in [1.82, 2.24) is 14.7 Å². The number of hydrogen-bond acceptors (Lipinski definition) is 4. The molecule has 2 heterocycles. The Morgan fingerprint density at radius 3 is 3.05 bits per heavy atom. The zero-order valence-corrected chi connectivity index (χ0v) is 12.2. The van der Waals surface area contributed by atoms with Crippen LogP contribution in [0.25, 0.3) is 5.65 Å². The molecule has 0 spiro atoms. The molecule has 116 valence electrons. The van der Waals surface area contributed by atoms with Crippen LogP contribution in [-0.2, 0) is 9.53 Å². The number of nitrogens with zero attached hydrogens (tertiary/aromatic N) is 2. The summed E-state index contributed by atoms with van der Waals surface area (Å²) in [6.07, 6.45) is 4.84. The summed E-state index contributed by atoms with van der Waals surface area (Å²) in [6.45, 7) is 5.47. The Morgan fingerprint density at radius 1 is 1.59 bits per heavy atom. The van der Waals surface area contributed by atoms with Crippen LogP contribution in [0.5, 0.6) is 0 Å². The third-order valence-corrected chi connectivity index (χ3v) is 2.97. The number of rotatable bonds is 7. The van der Waals surface area contributed by atoms with Crippen molar-refractivity contribution in [3.8, 4) is 0 Å². The van der Waals surface area contributed by atoms with Crippen LogP contribution in [0.2, 0.25) is 0 Å². The van der Waals surface area contributed by atoms with Gasteiger partial charge in [0.2, 0.25) is 0 Å². The normalized spacial score (nSPS) is 12.0. The van der Waals surface area contributed by atoms with Gasteiger partial charge in [-0.2, -0.15) is 0 Å². The fraction of sp³-hybridized carbons (Fsp3) is 0.267. The lowest BCUT2D eigenvalue weighted by atomic mass is 10.3. The van der Waals surface area contributed by atoms with Gasteiger partial charge in [0.1, 0.15) is 11.3 Å². The highest BCUT2D eigenvalue weighted by Gasteiger charge is 2.22. The first-order valence-electron chi connectivity index (χ1n) is 6.69. The number of amides is 1. The van der Waals surface area contributed by atoms with Gasteiger partial charge in [0, 0.05) is 12.4 Å². The van der Waals surface area contributed by atoms with Crippen LogP contribution in [0.3, 0.4) is 0 Å². The summed E-state index contributed by atoms with van der Waals surface area (Å²) in [4.78, 5) is 27.4. The number of pyridine rings is 1. The Bertz CT molecular complexity index is 708. The molecule has 22 heavy (non-hydrogen) atoms. The lowest BCUT2D eigenvalue weighted by Crippen LogP contribution is -2.44. The van der Waals surface area contributed by atoms with E-state index in [4.69, 9.17) is 9.84 Å². The van der Waals surface area contributed by atoms with E-state index in [0.717, 1.165) is 5.56 Å². The average Bonchev–Trinajstić information content (AvgIpc) is 2.89. The van der Waals surface area contributed by atoms with Crippen LogP contribution in [0.1, 0.15) is 16.1 Å². The van der Waals surface area contributed by atoms with E-state index >= 15 is 0 Å². The van der Waals surface area contributed by atoms with E-state index in [1.807, 2.05) is 19.1 Å². The molecule has 2 rings (SSSR count). The smallest absolute Gasteiger partial charge is 0.328 e. The molecule has 1 unspecified atom stereocenters. The highest BCUT2D eigenvalue weighted by Crippen LogP contribution is 2.08. The summed E-state index contributed by atoms with van der Waals surface area (Å²) in [5.74, 6) is -1.73. The Balaban J connectivity index is 2.10. The highest BCUT2D eigenvalue weighted by molar-refractivity contribution is 5.95. The number of carbonyl (C=O) groups excluding carboxylic acids is 1. The van der Waals surface area contributed by atoms with Crippen molar-refractivity contribution < 1.29 is 19.4 Å². The first-order chi connectivity index (χ1) is 10.5. The molecule has 1 atom stereocenters. The van der Waals surface area contributed by atoms with Gasteiger partial charge in [0.05, 0.1) is 13.2 Å². The van der Waals surface area contributed by atoms with Gasteiger partial charge in [-0.05, 0) is 24.6 Å². The summed E-state index contributed by atoms with van der Waals surface area (Å²) in [7, 11) is 0. The quantitative estimate of drug-likeness (QED) is 0.588. The van der Waals surface area contributed by atoms with E-state index in [1.165, 1.54) is 6.08 Å². The molecule has 0 saturated carbocycles. The van der Waals surface area contributed by atoms with Gasteiger partial charge in [-0.3, -0.25) is 4.79 Å². The van der Waals surface area contributed by atoms with Crippen LogP contribution in [-0.4, -0.2) is 45.6 Å². The molecular weight excluding hydrogens is 286 g/mol. The van der Waals surface area contributed by atoms with Crippen LogP contribution in [0.4, 0.5) is 0 Å². The molecule has 0 radical (unpaired) electrons. The number of imidazole rings is 1. The van der Waals surface area contributed by atoms with Gasteiger partial charge < -0.3 is 19.6 Å². The topological polar surface area (TPSA) is 92.9 Å². The van der Waals surface area contributed by atoms with Crippen molar-refractivity contribution in [2.24, 2.45) is 0 Å². The molecule has 0 fully saturated rings. The van der Waals surface area contributed by atoms with Crippen LogP contribution >= 0.6 is 0 Å². The third kappa shape index (κ3) is 3.70. The largest absolute Gasteiger partial charge is 0.480 e. The number of hydrogen-bond donors (Lipinski definition) is 2. The van der Waals surface area contributed by atoms with Gasteiger partial charge in [0.25, 0.3) is 5.91 Å². The Hall–Kier alpha value is -2.67. The summed E-state index contributed by atoms with van der Waals surface area (Å²) in [5, 5.41) is 11.5. The molecule has 7 heteroatoms. The van der Waals surface area contributed by atoms with Crippen molar-refractivity contribution in [1.29, 1.82) is 0 Å². The summed E-state index contributed by atoms with van der Waals surface area (Å²) < 4.78 is 6.78. The third-order valence-electron chi connectivity index (χ3n) is 2.97. The predicted molar refractivity (Wildman–Crippen MR) is 79.8 cm³/mol. The van der Waals surface area contributed by atoms with E-state index in [1.54, 1.807) is 16.8 Å². The number of aryl methyl sites for hydroxylation is 1. The first-order valence-corrected chi connectivity index (χ1v) is 6.69. The molecule has 0 aromatic carbocycles. The molecule has 0 aliphatic carbocycles. The van der Waals surface area contributed by atoms with Crippen molar-refractivity contribution in [3.05, 3.63) is 48.4 Å². The van der Waals surface area contributed by atoms with Crippen molar-refractivity contribution >= 4 is 17.5 Å². The lowest BCUT2D eigenvalue weighted by molar-refractivity contribution is -0.140. The fourth-order valence-corrected chi connectivity index (χ4v) is 1.87. The minimum absolute atomic E-state index is 0.139. The number of carboxylic acids is 1. The molecule has 0 bridgehead atoms. The second-order valence-electron chi connectivity index (χ2n) is 4.79. The molecule has 0 aliphatic rings. The van der Waals surface area contributed by atoms with Crippen LogP contribution in [0, 0.1) is 6.92 Å². The van der Waals surface area contributed by atoms with E-state index in [2.05, 4.69) is 16.9 Å². The molecule has 2 N–H and O–H groups in total. The Morgan fingerprint density at radius 2 is 2.36 bits per heavy atom. The van der Waals surface area contributed by atoms with Gasteiger partial charge in [0.15, 0.2) is 6.04 Å². The molecule has 7 nitrogen and oxygen atoms in total. The first kappa shape index (κ1) is 15.7. The number of fused-ring (bicyclic) bond motifs is 1. The predicted octanol–water partition coefficient (Wildman–Crippen LogP) is 1.03. The standard InChI is InChI=1S/C15H17N3O4/c1-3-6-22-9-12(15(20)21)17-14(19)11-8-18-5-4-10(2)7-13(18)16-11/h3-5,7-8,12H,1,6,9H2,2H3,(H,17,19)(H,20,21). The van der Waals surface area contributed by atoms with E-state index in [-0.39, 0.29) is 18.9 Å². The second-order valence-corrected chi connectivity index (χ2v) is 4.79. The molecule has 1 amide bonds. The Kier molecular flexibility index (Phi) is 4.90. The fourth-order valence-electron chi connectivity index (χ4n) is 1.87. The molecule has 2 aromatic heterocycles. The molecule has 2 aromatic rings. The molecular formula is C15H17N3O4. The van der Waals surface area contributed by atoms with E-state index in [0.29, 0.717) is 5.65 Å². The second kappa shape index (κ2) is 6.86. The maximum Gasteiger partial charge on any atom is 0.328 e. The monoisotopic (exact) mass is 303 g/mol. The van der Waals surface area contributed by atoms with Gasteiger partial charge in [-0.15, -0.1) is 6.58 Å². The zero-order chi connectivity index (χ0) is 16.1. The van der Waals surface area contributed by atoms with Crippen LogP contribution < -0.4 is 5.32 Å². The highest BCUT2D eigenvalue weighted by atomic mass is 16.5. The van der Waals surface area contributed by atoms with E-state index < -0.39 is 17.9 Å². The van der Waals surface area contributed by atoms with Crippen molar-refractivity contribution in [2.75, 3.05) is 13.2 Å². The zero-order valence-electron chi connectivity index (χ0n) is 12.2. The van der Waals surface area contributed by atoms with Gasteiger partial charge in [-0.1, -0.05) is 6.08 Å². The van der Waals surface area contributed by atoms with Gasteiger partial charge in [-0.25, -0.2) is 9.78 Å². The number of carbonyl (C=O) groups is 2. The SMILES string of the molecule is C=CCOCC(NC(=O)c1cn2ccc(C)cc2n1)C(=O)O. The number of aliphatic carboxylic acids is 1. The van der Waals surface area contributed by atoms with E-state index in [9.17, 15) is 9.59 Å². The molecule has 0 saturated heterocycles. The lowest BCUT2D eigenvalue weighted by Gasteiger charge is -2.13. The minimum Gasteiger partial charge on any atom is -0.480 e. The Labute approximate surface area is 127 Å². The van der Waals surface area contributed by atoms with Gasteiger partial charge >= 0.3 is 5.97 Å². The summed E-state index contributed by atoms with van der Waals surface area (Å²) in [5.41, 5.74) is 1.80.